The molecule has 3 atom stereocenters. The molecule has 134 valence electrons. The minimum absolute atomic E-state index is 0.0573. The van der Waals surface area contributed by atoms with E-state index in [1.54, 1.807) is 18.3 Å². The van der Waals surface area contributed by atoms with Crippen molar-refractivity contribution in [2.45, 2.75) is 30.3 Å². The van der Waals surface area contributed by atoms with E-state index in [0.717, 1.165) is 38.0 Å². The predicted octanol–water partition coefficient (Wildman–Crippen LogP) is 2.62. The highest BCUT2D eigenvalue weighted by atomic mass is 19.1. The van der Waals surface area contributed by atoms with Crippen LogP contribution in [0.15, 0.2) is 48.8 Å². The van der Waals surface area contributed by atoms with E-state index in [4.69, 9.17) is 0 Å². The Morgan fingerprint density at radius 2 is 1.96 bits per heavy atom. The molecule has 0 aliphatic carbocycles. The highest BCUT2D eigenvalue weighted by Gasteiger charge is 2.64. The first-order chi connectivity index (χ1) is 12.7. The van der Waals surface area contributed by atoms with Crippen molar-refractivity contribution in [3.63, 3.8) is 0 Å². The molecule has 0 amide bonds. The summed E-state index contributed by atoms with van der Waals surface area (Å²) in [5.74, 6) is 0.383. The quantitative estimate of drug-likeness (QED) is 0.864. The monoisotopic (exact) mass is 351 g/mol. The molecule has 4 aliphatic rings. The fourth-order valence-electron chi connectivity index (χ4n) is 5.55. The van der Waals surface area contributed by atoms with Crippen LogP contribution in [-0.2, 0) is 0 Å². The van der Waals surface area contributed by atoms with E-state index in [9.17, 15) is 9.18 Å². The number of ketones is 1. The lowest BCUT2D eigenvalue weighted by molar-refractivity contribution is -0.0313. The molecule has 6 rings (SSSR count). The Balaban J connectivity index is 1.66. The summed E-state index contributed by atoms with van der Waals surface area (Å²) in [4.78, 5) is 20.5. The number of nitrogens with one attached hydrogen (secondary N) is 1. The van der Waals surface area contributed by atoms with Crippen LogP contribution in [0.25, 0.3) is 0 Å². The number of pyridine rings is 1. The van der Waals surface area contributed by atoms with Gasteiger partial charge >= 0.3 is 0 Å². The zero-order chi connectivity index (χ0) is 17.7. The van der Waals surface area contributed by atoms with Gasteiger partial charge in [-0.05, 0) is 67.7 Å². The number of carbonyl (C=O) groups excluding carboxylic acids is 1. The third-order valence-electron chi connectivity index (χ3n) is 6.64. The largest absolute Gasteiger partial charge is 0.311 e. The molecule has 4 saturated heterocycles. The summed E-state index contributed by atoms with van der Waals surface area (Å²) in [6.45, 7) is 2.68. The van der Waals surface area contributed by atoms with Gasteiger partial charge in [-0.25, -0.2) is 4.39 Å². The lowest BCUT2D eigenvalue weighted by Gasteiger charge is -2.57. The molecular formula is C21H22FN3O. The molecule has 0 spiro atoms. The Kier molecular flexibility index (Phi) is 3.69. The summed E-state index contributed by atoms with van der Waals surface area (Å²) in [5.41, 5.74) is 1.11. The first-order valence-electron chi connectivity index (χ1n) is 9.40. The van der Waals surface area contributed by atoms with Gasteiger partial charge in [-0.3, -0.25) is 14.7 Å². The molecule has 0 radical (unpaired) electrons. The maximum absolute atomic E-state index is 13.9. The maximum Gasteiger partial charge on any atom is 0.185 e. The van der Waals surface area contributed by atoms with Gasteiger partial charge in [0.05, 0.1) is 0 Å². The number of piperidine rings is 3. The summed E-state index contributed by atoms with van der Waals surface area (Å²) < 4.78 is 13.4. The van der Waals surface area contributed by atoms with E-state index in [2.05, 4.69) is 21.3 Å². The van der Waals surface area contributed by atoms with E-state index >= 15 is 0 Å². The van der Waals surface area contributed by atoms with Gasteiger partial charge in [0.1, 0.15) is 11.4 Å². The molecule has 26 heavy (non-hydrogen) atoms. The smallest absolute Gasteiger partial charge is 0.185 e. The van der Waals surface area contributed by atoms with Crippen LogP contribution in [-0.4, -0.2) is 46.9 Å². The van der Waals surface area contributed by atoms with E-state index < -0.39 is 5.54 Å². The van der Waals surface area contributed by atoms with Crippen LogP contribution in [0.3, 0.4) is 0 Å². The minimum Gasteiger partial charge on any atom is -0.311 e. The van der Waals surface area contributed by atoms with Crippen molar-refractivity contribution >= 4 is 5.78 Å². The number of aromatic nitrogens is 1. The van der Waals surface area contributed by atoms with Crippen LogP contribution in [0.2, 0.25) is 0 Å². The molecule has 4 nitrogen and oxygen atoms in total. The second kappa shape index (κ2) is 5.96. The number of benzene rings is 1. The number of hydrogen-bond donors (Lipinski definition) is 1. The molecule has 5 heteroatoms. The highest BCUT2D eigenvalue weighted by Crippen LogP contribution is 2.51. The molecule has 1 aromatic heterocycles. The van der Waals surface area contributed by atoms with Crippen molar-refractivity contribution in [1.29, 1.82) is 0 Å². The lowest BCUT2D eigenvalue weighted by Crippen LogP contribution is -2.72. The molecule has 1 N–H and O–H groups in total. The fraction of sp³-hybridized carbons (Fsp3) is 0.429. The van der Waals surface area contributed by atoms with Crippen molar-refractivity contribution in [2.75, 3.05) is 19.6 Å². The number of hydrogen-bond acceptors (Lipinski definition) is 4. The number of halogens is 1. The minimum atomic E-state index is -0.595. The fourth-order valence-corrected chi connectivity index (χ4v) is 5.55. The number of nitrogens with zero attached hydrogens (tertiary/aromatic N) is 2. The van der Waals surface area contributed by atoms with Crippen molar-refractivity contribution in [3.05, 3.63) is 65.7 Å². The van der Waals surface area contributed by atoms with E-state index in [1.165, 1.54) is 12.1 Å². The topological polar surface area (TPSA) is 45.2 Å². The molecule has 3 unspecified atom stereocenters. The lowest BCUT2D eigenvalue weighted by atomic mass is 9.63. The number of fused-ring (bicyclic) bond motifs is 2. The second-order valence-corrected chi connectivity index (χ2v) is 7.71. The Morgan fingerprint density at radius 1 is 1.19 bits per heavy atom. The van der Waals surface area contributed by atoms with Gasteiger partial charge in [-0.2, -0.15) is 0 Å². The molecule has 0 saturated carbocycles. The summed E-state index contributed by atoms with van der Waals surface area (Å²) in [6, 6.07) is 10.2. The third-order valence-corrected chi connectivity index (χ3v) is 6.64. The van der Waals surface area contributed by atoms with Crippen LogP contribution < -0.4 is 5.32 Å². The van der Waals surface area contributed by atoms with Crippen LogP contribution in [0.4, 0.5) is 4.39 Å². The average Bonchev–Trinajstić information content (AvgIpc) is 3.13. The molecular weight excluding hydrogens is 329 g/mol. The molecule has 4 aliphatic heterocycles. The SMILES string of the molecule is O=C(c1ccc(F)cc1)C12C(c3cccnc3)CNC1C1CCN2CC1. The number of rotatable bonds is 3. The summed E-state index contributed by atoms with van der Waals surface area (Å²) in [6.07, 6.45) is 5.93. The van der Waals surface area contributed by atoms with Gasteiger partial charge in [0.25, 0.3) is 0 Å². The zero-order valence-corrected chi connectivity index (χ0v) is 14.6. The Morgan fingerprint density at radius 3 is 2.65 bits per heavy atom. The number of Topliss-reactive ketones (excluding diaryl/α,β-unsaturated/α-hetero) is 1. The second-order valence-electron chi connectivity index (χ2n) is 7.71. The summed E-state index contributed by atoms with van der Waals surface area (Å²) >= 11 is 0. The van der Waals surface area contributed by atoms with Gasteiger partial charge in [-0.15, -0.1) is 0 Å². The third kappa shape index (κ3) is 2.14. The average molecular weight is 351 g/mol. The molecule has 2 bridgehead atoms. The standard InChI is InChI=1S/C21H22FN3O/c22-17-5-3-15(4-6-17)20(26)21-18(16-2-1-9-23-12-16)13-24-19(21)14-7-10-25(21)11-8-14/h1-6,9,12,14,18-19,24H,7-8,10-11,13H2. The normalized spacial score (nSPS) is 35.3. The molecule has 1 aromatic carbocycles. The molecule has 2 aromatic rings. The van der Waals surface area contributed by atoms with Crippen molar-refractivity contribution < 1.29 is 9.18 Å². The van der Waals surface area contributed by atoms with Crippen LogP contribution >= 0.6 is 0 Å². The first kappa shape index (κ1) is 16.1. The van der Waals surface area contributed by atoms with Gasteiger partial charge in [-0.1, -0.05) is 6.07 Å². The Hall–Kier alpha value is -2.11. The number of carbonyl (C=O) groups is 1. The summed E-state index contributed by atoms with van der Waals surface area (Å²) in [5, 5.41) is 3.68. The highest BCUT2D eigenvalue weighted by molar-refractivity contribution is 6.05. The maximum atomic E-state index is 13.9. The van der Waals surface area contributed by atoms with Crippen molar-refractivity contribution in [1.82, 2.24) is 15.2 Å². The summed E-state index contributed by atoms with van der Waals surface area (Å²) in [7, 11) is 0. The van der Waals surface area contributed by atoms with Crippen LogP contribution in [0, 0.1) is 11.7 Å². The van der Waals surface area contributed by atoms with Gasteiger partial charge in [0.2, 0.25) is 0 Å². The van der Waals surface area contributed by atoms with Crippen molar-refractivity contribution in [2.24, 2.45) is 5.92 Å². The van der Waals surface area contributed by atoms with Crippen LogP contribution in [0.5, 0.6) is 0 Å². The molecule has 4 fully saturated rings. The van der Waals surface area contributed by atoms with Gasteiger partial charge in [0.15, 0.2) is 5.78 Å². The first-order valence-corrected chi connectivity index (χ1v) is 9.40. The Bertz CT molecular complexity index is 817. The predicted molar refractivity (Wildman–Crippen MR) is 96.5 cm³/mol. The van der Waals surface area contributed by atoms with Gasteiger partial charge in [0, 0.05) is 36.5 Å². The molecule has 5 heterocycles. The zero-order valence-electron chi connectivity index (χ0n) is 14.6. The van der Waals surface area contributed by atoms with E-state index in [1.807, 2.05) is 12.3 Å². The van der Waals surface area contributed by atoms with E-state index in [0.29, 0.717) is 11.5 Å². The van der Waals surface area contributed by atoms with E-state index in [-0.39, 0.29) is 23.6 Å². The van der Waals surface area contributed by atoms with Crippen molar-refractivity contribution in [3.8, 4) is 0 Å². The Labute approximate surface area is 152 Å². The van der Waals surface area contributed by atoms with Crippen LogP contribution in [0.1, 0.15) is 34.7 Å². The van der Waals surface area contributed by atoms with Gasteiger partial charge < -0.3 is 5.32 Å².